The summed E-state index contributed by atoms with van der Waals surface area (Å²) in [6.45, 7) is 11.0. The lowest BCUT2D eigenvalue weighted by atomic mass is 9.88. The number of rotatable bonds is 5. The maximum atomic E-state index is 10.9. The Hall–Kier alpha value is -0.490. The molecule has 21 heavy (non-hydrogen) atoms. The van der Waals surface area contributed by atoms with Gasteiger partial charge in [-0.1, -0.05) is 13.8 Å². The average Bonchev–Trinajstić information content (AvgIpc) is 2.86. The quantitative estimate of drug-likeness (QED) is 0.906. The first-order valence-corrected chi connectivity index (χ1v) is 9.05. The summed E-state index contributed by atoms with van der Waals surface area (Å²) in [4.78, 5) is 9.60. The average molecular weight is 309 g/mol. The van der Waals surface area contributed by atoms with Crippen LogP contribution in [0.15, 0.2) is 5.38 Å². The molecule has 0 unspecified atom stereocenters. The zero-order valence-corrected chi connectivity index (χ0v) is 14.0. The Morgan fingerprint density at radius 1 is 1.24 bits per heavy atom. The number of hydrogen-bond donors (Lipinski definition) is 1. The molecule has 0 bridgehead atoms. The first-order valence-electron chi connectivity index (χ1n) is 8.17. The van der Waals surface area contributed by atoms with Crippen molar-refractivity contribution >= 4 is 11.3 Å². The number of piperidine rings is 1. The van der Waals surface area contributed by atoms with Gasteiger partial charge in [-0.05, 0) is 38.3 Å². The highest BCUT2D eigenvalue weighted by Gasteiger charge is 2.36. The Morgan fingerprint density at radius 2 is 1.95 bits per heavy atom. The minimum absolute atomic E-state index is 0.693. The van der Waals surface area contributed by atoms with E-state index in [4.69, 9.17) is 4.98 Å². The number of aliphatic hydroxyl groups is 1. The fraction of sp³-hybridized carbons (Fsp3) is 0.812. The van der Waals surface area contributed by atoms with Gasteiger partial charge in [-0.25, -0.2) is 4.98 Å². The lowest BCUT2D eigenvalue weighted by Gasteiger charge is -2.38. The first-order chi connectivity index (χ1) is 10.0. The van der Waals surface area contributed by atoms with Gasteiger partial charge >= 0.3 is 0 Å². The normalized spacial score (nSPS) is 23.4. The fourth-order valence-electron chi connectivity index (χ4n) is 3.21. The van der Waals surface area contributed by atoms with E-state index in [0.29, 0.717) is 5.92 Å². The molecule has 4 nitrogen and oxygen atoms in total. The van der Waals surface area contributed by atoms with Crippen molar-refractivity contribution in [1.82, 2.24) is 14.8 Å². The van der Waals surface area contributed by atoms with Gasteiger partial charge in [0.25, 0.3) is 0 Å². The standard InChI is InChI=1S/C16H27N3OS/c1-13(2)10-19-8-4-16(20,5-9-19)14-12-21-15(17-14)11-18-6-3-7-18/h12-13,20H,3-11H2,1-2H3. The van der Waals surface area contributed by atoms with Gasteiger partial charge in [0.05, 0.1) is 12.2 Å². The number of hydrogen-bond acceptors (Lipinski definition) is 5. The van der Waals surface area contributed by atoms with Crippen molar-refractivity contribution < 1.29 is 5.11 Å². The van der Waals surface area contributed by atoms with Gasteiger partial charge in [0.15, 0.2) is 0 Å². The SMILES string of the molecule is CC(C)CN1CCC(O)(c2csc(CN3CCC3)n2)CC1. The van der Waals surface area contributed by atoms with Crippen LogP contribution < -0.4 is 0 Å². The lowest BCUT2D eigenvalue weighted by molar-refractivity contribution is -0.0310. The van der Waals surface area contributed by atoms with E-state index in [1.54, 1.807) is 11.3 Å². The van der Waals surface area contributed by atoms with Gasteiger partial charge in [0.2, 0.25) is 0 Å². The van der Waals surface area contributed by atoms with Gasteiger partial charge in [-0.2, -0.15) is 0 Å². The van der Waals surface area contributed by atoms with Crippen molar-refractivity contribution in [3.8, 4) is 0 Å². The highest BCUT2D eigenvalue weighted by Crippen LogP contribution is 2.34. The summed E-state index contributed by atoms with van der Waals surface area (Å²) in [7, 11) is 0. The smallest absolute Gasteiger partial charge is 0.110 e. The van der Waals surface area contributed by atoms with E-state index in [0.717, 1.165) is 49.7 Å². The van der Waals surface area contributed by atoms with Crippen LogP contribution in [-0.2, 0) is 12.1 Å². The zero-order chi connectivity index (χ0) is 14.9. The van der Waals surface area contributed by atoms with Gasteiger partial charge in [-0.15, -0.1) is 11.3 Å². The molecule has 2 aliphatic heterocycles. The molecule has 118 valence electrons. The Morgan fingerprint density at radius 3 is 2.52 bits per heavy atom. The molecule has 1 aromatic rings. The number of aromatic nitrogens is 1. The second kappa shape index (κ2) is 6.32. The number of nitrogens with zero attached hydrogens (tertiary/aromatic N) is 3. The van der Waals surface area contributed by atoms with E-state index in [9.17, 15) is 5.11 Å². The predicted octanol–water partition coefficient (Wildman–Crippen LogP) is 2.29. The molecule has 0 aromatic carbocycles. The van der Waals surface area contributed by atoms with E-state index in [1.807, 2.05) is 0 Å². The monoisotopic (exact) mass is 309 g/mol. The van der Waals surface area contributed by atoms with Gasteiger partial charge in [-0.3, -0.25) is 4.90 Å². The molecule has 0 amide bonds. The molecular weight excluding hydrogens is 282 g/mol. The van der Waals surface area contributed by atoms with Crippen molar-refractivity contribution in [3.05, 3.63) is 16.1 Å². The molecule has 3 rings (SSSR count). The summed E-state index contributed by atoms with van der Waals surface area (Å²) in [6, 6.07) is 0. The van der Waals surface area contributed by atoms with Gasteiger partial charge in [0.1, 0.15) is 10.6 Å². The van der Waals surface area contributed by atoms with E-state index in [-0.39, 0.29) is 0 Å². The minimum Gasteiger partial charge on any atom is -0.383 e. The van der Waals surface area contributed by atoms with Crippen LogP contribution in [0.3, 0.4) is 0 Å². The van der Waals surface area contributed by atoms with Crippen LogP contribution in [0, 0.1) is 5.92 Å². The summed E-state index contributed by atoms with van der Waals surface area (Å²) >= 11 is 1.70. The molecule has 0 aliphatic carbocycles. The maximum absolute atomic E-state index is 10.9. The molecule has 0 spiro atoms. The van der Waals surface area contributed by atoms with Crippen molar-refractivity contribution in [3.63, 3.8) is 0 Å². The third-order valence-corrected chi connectivity index (χ3v) is 5.48. The maximum Gasteiger partial charge on any atom is 0.110 e. The van der Waals surface area contributed by atoms with Gasteiger partial charge in [0, 0.05) is 25.0 Å². The molecule has 0 saturated carbocycles. The molecule has 5 heteroatoms. The van der Waals surface area contributed by atoms with Crippen molar-refractivity contribution in [2.45, 2.75) is 45.3 Å². The predicted molar refractivity (Wildman–Crippen MR) is 86.4 cm³/mol. The van der Waals surface area contributed by atoms with Crippen LogP contribution in [0.5, 0.6) is 0 Å². The Bertz CT molecular complexity index is 462. The molecule has 2 saturated heterocycles. The van der Waals surface area contributed by atoms with Crippen molar-refractivity contribution in [1.29, 1.82) is 0 Å². The molecule has 0 atom stereocenters. The summed E-state index contributed by atoms with van der Waals surface area (Å²) in [5, 5.41) is 14.1. The second-order valence-corrected chi connectivity index (χ2v) is 7.92. The van der Waals surface area contributed by atoms with E-state index in [2.05, 4.69) is 29.0 Å². The van der Waals surface area contributed by atoms with E-state index >= 15 is 0 Å². The molecule has 2 aliphatic rings. The Kier molecular flexibility index (Phi) is 4.64. The van der Waals surface area contributed by atoms with Crippen LogP contribution in [0.4, 0.5) is 0 Å². The van der Waals surface area contributed by atoms with Crippen molar-refractivity contribution in [2.75, 3.05) is 32.7 Å². The van der Waals surface area contributed by atoms with E-state index in [1.165, 1.54) is 19.5 Å². The summed E-state index contributed by atoms with van der Waals surface area (Å²) in [5.74, 6) is 0.693. The lowest BCUT2D eigenvalue weighted by Crippen LogP contribution is -2.44. The minimum atomic E-state index is -0.697. The van der Waals surface area contributed by atoms with Crippen LogP contribution in [0.25, 0.3) is 0 Å². The number of thiazole rings is 1. The third kappa shape index (κ3) is 3.65. The highest BCUT2D eigenvalue weighted by molar-refractivity contribution is 7.09. The zero-order valence-electron chi connectivity index (χ0n) is 13.2. The molecule has 3 heterocycles. The molecule has 2 fully saturated rings. The molecule has 0 radical (unpaired) electrons. The second-order valence-electron chi connectivity index (χ2n) is 6.98. The summed E-state index contributed by atoms with van der Waals surface area (Å²) in [6.07, 6.45) is 2.94. The summed E-state index contributed by atoms with van der Waals surface area (Å²) in [5.41, 5.74) is 0.212. The third-order valence-electron chi connectivity index (χ3n) is 4.64. The fourth-order valence-corrected chi connectivity index (χ4v) is 4.13. The van der Waals surface area contributed by atoms with Crippen LogP contribution in [0.1, 0.15) is 43.8 Å². The summed E-state index contributed by atoms with van der Waals surface area (Å²) < 4.78 is 0. The van der Waals surface area contributed by atoms with Gasteiger partial charge < -0.3 is 10.0 Å². The first kappa shape index (κ1) is 15.4. The Balaban J connectivity index is 1.58. The van der Waals surface area contributed by atoms with E-state index < -0.39 is 5.60 Å². The van der Waals surface area contributed by atoms with Crippen LogP contribution in [-0.4, -0.2) is 52.6 Å². The van der Waals surface area contributed by atoms with Crippen LogP contribution in [0.2, 0.25) is 0 Å². The highest BCUT2D eigenvalue weighted by atomic mass is 32.1. The van der Waals surface area contributed by atoms with Crippen molar-refractivity contribution in [2.24, 2.45) is 5.92 Å². The molecule has 1 aromatic heterocycles. The topological polar surface area (TPSA) is 39.6 Å². The Labute approximate surface area is 131 Å². The molecular formula is C16H27N3OS. The van der Waals surface area contributed by atoms with Crippen LogP contribution >= 0.6 is 11.3 Å². The number of likely N-dealkylation sites (tertiary alicyclic amines) is 2. The molecule has 1 N–H and O–H groups in total. The largest absolute Gasteiger partial charge is 0.383 e.